The smallest absolute Gasteiger partial charge is 0.264 e. The summed E-state index contributed by atoms with van der Waals surface area (Å²) in [4.78, 5) is 15.4. The first kappa shape index (κ1) is 23.2. The molecule has 4 aromatic rings. The Bertz CT molecular complexity index is 1480. The van der Waals surface area contributed by atoms with Gasteiger partial charge in [0, 0.05) is 21.9 Å². The van der Waals surface area contributed by atoms with Crippen molar-refractivity contribution in [2.45, 2.75) is 28.0 Å². The van der Waals surface area contributed by atoms with Gasteiger partial charge in [-0.2, -0.15) is 0 Å². The topological polar surface area (TPSA) is 66.5 Å². The zero-order chi connectivity index (χ0) is 24.4. The number of para-hydroxylation sites is 1. The molecule has 0 aliphatic carbocycles. The molecule has 5 rings (SSSR count). The van der Waals surface area contributed by atoms with Crippen molar-refractivity contribution >= 4 is 39.1 Å². The molecule has 0 saturated heterocycles. The minimum Gasteiger partial charge on any atom is -0.321 e. The highest BCUT2D eigenvalue weighted by Gasteiger charge is 2.31. The Morgan fingerprint density at radius 3 is 2.37 bits per heavy atom. The molecule has 5 nitrogen and oxygen atoms in total. The van der Waals surface area contributed by atoms with Gasteiger partial charge in [0.2, 0.25) is 0 Å². The average molecular weight is 501 g/mol. The lowest BCUT2D eigenvalue weighted by atomic mass is 10.1. The molecule has 4 aromatic carbocycles. The van der Waals surface area contributed by atoms with E-state index in [1.165, 1.54) is 4.31 Å². The van der Waals surface area contributed by atoms with Crippen LogP contribution in [0.15, 0.2) is 112 Å². The molecular weight excluding hydrogens is 476 g/mol. The number of aryl methyl sites for hydroxylation is 1. The van der Waals surface area contributed by atoms with Crippen molar-refractivity contribution in [3.63, 3.8) is 0 Å². The van der Waals surface area contributed by atoms with E-state index in [0.717, 1.165) is 26.6 Å². The first-order valence-corrected chi connectivity index (χ1v) is 13.5. The van der Waals surface area contributed by atoms with Crippen LogP contribution in [0, 0.1) is 6.92 Å². The van der Waals surface area contributed by atoms with Crippen LogP contribution in [0.2, 0.25) is 0 Å². The number of carbonyl (C=O) groups is 1. The standard InChI is InChI=1S/C28H24N2O3S2/c1-20-11-14-24(15-12-20)35(32,33)30-18-17-21-19-22(13-16-26(21)30)28(31)29-25-9-5-6-10-27(25)34-23-7-3-2-4-8-23/h2-16,19H,17-18H2,1H3,(H,29,31). The molecule has 176 valence electrons. The molecule has 0 unspecified atom stereocenters. The largest absolute Gasteiger partial charge is 0.321 e. The van der Waals surface area contributed by atoms with E-state index in [4.69, 9.17) is 0 Å². The van der Waals surface area contributed by atoms with Crippen molar-refractivity contribution in [2.24, 2.45) is 0 Å². The van der Waals surface area contributed by atoms with Gasteiger partial charge in [0.1, 0.15) is 0 Å². The molecule has 0 atom stereocenters. The van der Waals surface area contributed by atoms with Crippen molar-refractivity contribution in [2.75, 3.05) is 16.2 Å². The van der Waals surface area contributed by atoms with Crippen LogP contribution in [0.5, 0.6) is 0 Å². The number of fused-ring (bicyclic) bond motifs is 1. The van der Waals surface area contributed by atoms with Gasteiger partial charge in [-0.05, 0) is 73.5 Å². The highest BCUT2D eigenvalue weighted by Crippen LogP contribution is 2.35. The molecule has 1 aliphatic heterocycles. The van der Waals surface area contributed by atoms with Crippen LogP contribution >= 0.6 is 11.8 Å². The van der Waals surface area contributed by atoms with Crippen LogP contribution in [0.1, 0.15) is 21.5 Å². The van der Waals surface area contributed by atoms with Crippen molar-refractivity contribution in [3.8, 4) is 0 Å². The zero-order valence-electron chi connectivity index (χ0n) is 19.1. The van der Waals surface area contributed by atoms with Gasteiger partial charge in [-0.1, -0.05) is 59.8 Å². The first-order chi connectivity index (χ1) is 16.9. The normalized spacial score (nSPS) is 12.9. The predicted molar refractivity (Wildman–Crippen MR) is 141 cm³/mol. The lowest BCUT2D eigenvalue weighted by molar-refractivity contribution is 0.102. The maximum absolute atomic E-state index is 13.2. The molecule has 0 bridgehead atoms. The summed E-state index contributed by atoms with van der Waals surface area (Å²) in [7, 11) is -3.66. The number of rotatable bonds is 6. The zero-order valence-corrected chi connectivity index (χ0v) is 20.8. The summed E-state index contributed by atoms with van der Waals surface area (Å²) in [5, 5.41) is 3.02. The number of nitrogens with one attached hydrogen (secondary N) is 1. The van der Waals surface area contributed by atoms with E-state index in [-0.39, 0.29) is 10.8 Å². The fourth-order valence-electron chi connectivity index (χ4n) is 4.07. The highest BCUT2D eigenvalue weighted by molar-refractivity contribution is 7.99. The minimum atomic E-state index is -3.66. The summed E-state index contributed by atoms with van der Waals surface area (Å²) in [6, 6.07) is 29.8. The molecule has 0 spiro atoms. The fraction of sp³-hybridized carbons (Fsp3) is 0.107. The van der Waals surface area contributed by atoms with E-state index in [1.54, 1.807) is 54.2 Å². The Morgan fingerprint density at radius 2 is 1.60 bits per heavy atom. The van der Waals surface area contributed by atoms with E-state index in [2.05, 4.69) is 5.32 Å². The minimum absolute atomic E-state index is 0.228. The third-order valence-electron chi connectivity index (χ3n) is 5.91. The maximum Gasteiger partial charge on any atom is 0.264 e. The van der Waals surface area contributed by atoms with Crippen molar-refractivity contribution in [1.82, 2.24) is 0 Å². The van der Waals surface area contributed by atoms with Gasteiger partial charge in [-0.15, -0.1) is 0 Å². The number of nitrogens with zero attached hydrogens (tertiary/aromatic N) is 1. The molecule has 1 aliphatic rings. The SMILES string of the molecule is Cc1ccc(S(=O)(=O)N2CCc3cc(C(=O)Nc4ccccc4Sc4ccccc4)ccc32)cc1. The summed E-state index contributed by atoms with van der Waals surface area (Å²) >= 11 is 1.59. The van der Waals surface area contributed by atoms with E-state index in [1.807, 2.05) is 61.5 Å². The third kappa shape index (κ3) is 4.83. The Morgan fingerprint density at radius 1 is 0.886 bits per heavy atom. The molecule has 7 heteroatoms. The van der Waals surface area contributed by atoms with Crippen LogP contribution in [-0.4, -0.2) is 20.9 Å². The van der Waals surface area contributed by atoms with E-state index >= 15 is 0 Å². The second-order valence-corrected chi connectivity index (χ2v) is 11.3. The van der Waals surface area contributed by atoms with E-state index < -0.39 is 10.0 Å². The van der Waals surface area contributed by atoms with Crippen LogP contribution < -0.4 is 9.62 Å². The summed E-state index contributed by atoms with van der Waals surface area (Å²) in [6.45, 7) is 2.28. The maximum atomic E-state index is 13.2. The first-order valence-electron chi connectivity index (χ1n) is 11.3. The number of hydrogen-bond acceptors (Lipinski definition) is 4. The monoisotopic (exact) mass is 500 g/mol. The highest BCUT2D eigenvalue weighted by atomic mass is 32.2. The van der Waals surface area contributed by atoms with Gasteiger partial charge >= 0.3 is 0 Å². The number of carbonyl (C=O) groups excluding carboxylic acids is 1. The molecule has 1 amide bonds. The summed E-state index contributed by atoms with van der Waals surface area (Å²) < 4.78 is 27.8. The Hall–Kier alpha value is -3.55. The van der Waals surface area contributed by atoms with Gasteiger partial charge in [-0.3, -0.25) is 9.10 Å². The molecule has 35 heavy (non-hydrogen) atoms. The van der Waals surface area contributed by atoms with E-state index in [0.29, 0.717) is 24.2 Å². The average Bonchev–Trinajstić information content (AvgIpc) is 3.30. The second-order valence-electron chi connectivity index (χ2n) is 8.35. The lowest BCUT2D eigenvalue weighted by Gasteiger charge is -2.20. The number of amides is 1. The van der Waals surface area contributed by atoms with Crippen LogP contribution in [0.3, 0.4) is 0 Å². The van der Waals surface area contributed by atoms with Gasteiger partial charge in [0.15, 0.2) is 0 Å². The second kappa shape index (κ2) is 9.60. The summed E-state index contributed by atoms with van der Waals surface area (Å²) in [6.07, 6.45) is 0.558. The molecule has 0 saturated carbocycles. The van der Waals surface area contributed by atoms with Gasteiger partial charge in [0.25, 0.3) is 15.9 Å². The molecule has 0 radical (unpaired) electrons. The van der Waals surface area contributed by atoms with Crippen LogP contribution in [-0.2, 0) is 16.4 Å². The Kier molecular flexibility index (Phi) is 6.36. The molecule has 0 fully saturated rings. The number of benzene rings is 4. The van der Waals surface area contributed by atoms with Crippen molar-refractivity contribution < 1.29 is 13.2 Å². The lowest BCUT2D eigenvalue weighted by Crippen LogP contribution is -2.29. The molecule has 1 N–H and O–H groups in total. The number of sulfonamides is 1. The summed E-state index contributed by atoms with van der Waals surface area (Å²) in [5.41, 5.74) is 3.71. The molecule has 1 heterocycles. The predicted octanol–water partition coefficient (Wildman–Crippen LogP) is 6.15. The third-order valence-corrected chi connectivity index (χ3v) is 8.82. The van der Waals surface area contributed by atoms with Crippen molar-refractivity contribution in [3.05, 3.63) is 114 Å². The van der Waals surface area contributed by atoms with E-state index in [9.17, 15) is 13.2 Å². The van der Waals surface area contributed by atoms with Crippen LogP contribution in [0.25, 0.3) is 0 Å². The number of anilines is 2. The van der Waals surface area contributed by atoms with Gasteiger partial charge in [0.05, 0.1) is 16.3 Å². The fourth-order valence-corrected chi connectivity index (χ4v) is 6.49. The summed E-state index contributed by atoms with van der Waals surface area (Å²) in [5.74, 6) is -0.228. The Labute approximate surface area is 209 Å². The Balaban J connectivity index is 1.36. The van der Waals surface area contributed by atoms with Gasteiger partial charge < -0.3 is 5.32 Å². The number of hydrogen-bond donors (Lipinski definition) is 1. The molecule has 0 aromatic heterocycles. The van der Waals surface area contributed by atoms with Crippen LogP contribution in [0.4, 0.5) is 11.4 Å². The van der Waals surface area contributed by atoms with Gasteiger partial charge in [-0.25, -0.2) is 8.42 Å². The van der Waals surface area contributed by atoms with Crippen molar-refractivity contribution in [1.29, 1.82) is 0 Å². The quantitative estimate of drug-likeness (QED) is 0.345. The molecular formula is C28H24N2O3S2.